The Morgan fingerprint density at radius 2 is 2.00 bits per heavy atom. The Bertz CT molecular complexity index is 366. The average molecular weight is 224 g/mol. The number of carboxylic acids is 1. The summed E-state index contributed by atoms with van der Waals surface area (Å²) in [5.74, 6) is -0.553. The molecule has 0 fully saturated rings. The summed E-state index contributed by atoms with van der Waals surface area (Å²) in [4.78, 5) is 18.4. The molecular formula is C11H16N2O3. The van der Waals surface area contributed by atoms with Crippen molar-refractivity contribution in [3.8, 4) is 5.88 Å². The summed E-state index contributed by atoms with van der Waals surface area (Å²) < 4.78 is 5.46. The summed E-state index contributed by atoms with van der Waals surface area (Å²) in [5.41, 5.74) is -0.141. The largest absolute Gasteiger partial charge is 0.476 e. The van der Waals surface area contributed by atoms with E-state index < -0.39 is 5.97 Å². The van der Waals surface area contributed by atoms with E-state index in [1.54, 1.807) is 0 Å². The highest BCUT2D eigenvalue weighted by Crippen LogP contribution is 2.16. The fourth-order valence-electron chi connectivity index (χ4n) is 1.46. The van der Waals surface area contributed by atoms with Gasteiger partial charge in [0.15, 0.2) is 0 Å². The Morgan fingerprint density at radius 1 is 1.38 bits per heavy atom. The third-order valence-corrected chi connectivity index (χ3v) is 1.98. The first-order valence-corrected chi connectivity index (χ1v) is 5.21. The minimum absolute atomic E-state index is 0.0743. The second-order valence-corrected chi connectivity index (χ2v) is 4.07. The zero-order chi connectivity index (χ0) is 12.1. The van der Waals surface area contributed by atoms with Crippen LogP contribution in [0.15, 0.2) is 12.4 Å². The number of aromatic carboxylic acids is 1. The van der Waals surface area contributed by atoms with E-state index in [-0.39, 0.29) is 17.7 Å². The number of nitrogens with zero attached hydrogens (tertiary/aromatic N) is 2. The summed E-state index contributed by atoms with van der Waals surface area (Å²) >= 11 is 0. The van der Waals surface area contributed by atoms with Crippen LogP contribution in [-0.2, 0) is 0 Å². The van der Waals surface area contributed by atoms with Gasteiger partial charge in [-0.2, -0.15) is 0 Å². The summed E-state index contributed by atoms with van der Waals surface area (Å²) in [6.07, 6.45) is 3.53. The number of carbonyl (C=O) groups is 1. The molecule has 5 nitrogen and oxygen atoms in total. The molecule has 0 aliphatic carbocycles. The molecule has 1 heterocycles. The van der Waals surface area contributed by atoms with Crippen LogP contribution in [0.4, 0.5) is 0 Å². The van der Waals surface area contributed by atoms with Crippen LogP contribution in [0.25, 0.3) is 0 Å². The smallest absolute Gasteiger partial charge is 0.360 e. The molecule has 88 valence electrons. The first-order valence-electron chi connectivity index (χ1n) is 5.21. The van der Waals surface area contributed by atoms with Crippen molar-refractivity contribution in [3.05, 3.63) is 18.1 Å². The Kier molecular flexibility index (Phi) is 4.22. The summed E-state index contributed by atoms with van der Waals surface area (Å²) in [5, 5.41) is 8.88. The lowest BCUT2D eigenvalue weighted by atomic mass is 10.1. The van der Waals surface area contributed by atoms with E-state index in [1.807, 2.05) is 6.92 Å². The van der Waals surface area contributed by atoms with Gasteiger partial charge in [0.25, 0.3) is 0 Å². The van der Waals surface area contributed by atoms with Crippen molar-refractivity contribution >= 4 is 5.97 Å². The van der Waals surface area contributed by atoms with Crippen LogP contribution in [-0.4, -0.2) is 27.1 Å². The molecule has 1 N–H and O–H groups in total. The van der Waals surface area contributed by atoms with E-state index in [9.17, 15) is 4.79 Å². The van der Waals surface area contributed by atoms with Gasteiger partial charge >= 0.3 is 5.97 Å². The van der Waals surface area contributed by atoms with Crippen LogP contribution >= 0.6 is 0 Å². The number of ether oxygens (including phenoxy) is 1. The van der Waals surface area contributed by atoms with Gasteiger partial charge in [0.05, 0.1) is 6.10 Å². The van der Waals surface area contributed by atoms with Crippen LogP contribution in [0.3, 0.4) is 0 Å². The lowest BCUT2D eigenvalue weighted by Crippen LogP contribution is -2.17. The molecular weight excluding hydrogens is 208 g/mol. The predicted molar refractivity (Wildman–Crippen MR) is 58.5 cm³/mol. The van der Waals surface area contributed by atoms with E-state index in [4.69, 9.17) is 9.84 Å². The molecule has 0 amide bonds. The normalized spacial score (nSPS) is 12.5. The first-order chi connectivity index (χ1) is 7.50. The van der Waals surface area contributed by atoms with Gasteiger partial charge in [-0.3, -0.25) is 0 Å². The number of rotatable bonds is 5. The van der Waals surface area contributed by atoms with Gasteiger partial charge in [-0.15, -0.1) is 0 Å². The van der Waals surface area contributed by atoms with Crippen molar-refractivity contribution in [3.63, 3.8) is 0 Å². The molecule has 1 unspecified atom stereocenters. The fourth-order valence-corrected chi connectivity index (χ4v) is 1.46. The monoisotopic (exact) mass is 224 g/mol. The lowest BCUT2D eigenvalue weighted by molar-refractivity contribution is 0.0679. The number of hydrogen-bond acceptors (Lipinski definition) is 4. The Morgan fingerprint density at radius 3 is 2.56 bits per heavy atom. The summed E-state index contributed by atoms with van der Waals surface area (Å²) in [7, 11) is 0. The Balaban J connectivity index is 2.76. The highest BCUT2D eigenvalue weighted by atomic mass is 16.5. The Hall–Kier alpha value is -1.65. The molecule has 16 heavy (non-hydrogen) atoms. The molecule has 0 aliphatic rings. The molecule has 0 saturated heterocycles. The molecule has 0 bridgehead atoms. The van der Waals surface area contributed by atoms with Crippen LogP contribution < -0.4 is 4.74 Å². The molecule has 0 aromatic carbocycles. The van der Waals surface area contributed by atoms with Crippen LogP contribution in [0.2, 0.25) is 0 Å². The number of aromatic nitrogens is 2. The van der Waals surface area contributed by atoms with Crippen LogP contribution in [0, 0.1) is 5.92 Å². The van der Waals surface area contributed by atoms with E-state index in [0.717, 1.165) is 6.42 Å². The second kappa shape index (κ2) is 5.44. The van der Waals surface area contributed by atoms with E-state index in [2.05, 4.69) is 23.8 Å². The maximum Gasteiger partial charge on any atom is 0.360 e. The van der Waals surface area contributed by atoms with Crippen molar-refractivity contribution in [1.82, 2.24) is 9.97 Å². The molecule has 0 aliphatic heterocycles. The third-order valence-electron chi connectivity index (χ3n) is 1.98. The van der Waals surface area contributed by atoms with Crippen molar-refractivity contribution in [1.29, 1.82) is 0 Å². The van der Waals surface area contributed by atoms with E-state index in [1.165, 1.54) is 12.4 Å². The van der Waals surface area contributed by atoms with Crippen molar-refractivity contribution in [2.24, 2.45) is 5.92 Å². The summed E-state index contributed by atoms with van der Waals surface area (Å²) in [6.45, 7) is 6.05. The topological polar surface area (TPSA) is 72.3 Å². The minimum Gasteiger partial charge on any atom is -0.476 e. The summed E-state index contributed by atoms with van der Waals surface area (Å²) in [6, 6.07) is 0. The third kappa shape index (κ3) is 3.49. The molecule has 1 rings (SSSR count). The van der Waals surface area contributed by atoms with Gasteiger partial charge in [0.2, 0.25) is 11.6 Å². The van der Waals surface area contributed by atoms with Crippen molar-refractivity contribution < 1.29 is 14.6 Å². The molecule has 1 atom stereocenters. The number of carboxylic acid groups (broad SMARTS) is 1. The van der Waals surface area contributed by atoms with Gasteiger partial charge in [0.1, 0.15) is 0 Å². The molecule has 1 aromatic heterocycles. The molecule has 0 radical (unpaired) electrons. The van der Waals surface area contributed by atoms with Gasteiger partial charge < -0.3 is 9.84 Å². The second-order valence-electron chi connectivity index (χ2n) is 4.07. The van der Waals surface area contributed by atoms with E-state index >= 15 is 0 Å². The molecule has 0 spiro atoms. The standard InChI is InChI=1S/C11H16N2O3/c1-7(2)6-8(3)16-10-9(11(14)15)12-4-5-13-10/h4-5,7-8H,6H2,1-3H3,(H,14,15). The SMILES string of the molecule is CC(C)CC(C)Oc1nccnc1C(=O)O. The number of hydrogen-bond donors (Lipinski definition) is 1. The highest BCUT2D eigenvalue weighted by Gasteiger charge is 2.16. The quantitative estimate of drug-likeness (QED) is 0.828. The maximum atomic E-state index is 10.8. The highest BCUT2D eigenvalue weighted by molar-refractivity contribution is 5.87. The lowest BCUT2D eigenvalue weighted by Gasteiger charge is -2.16. The fraction of sp³-hybridized carbons (Fsp3) is 0.545. The van der Waals surface area contributed by atoms with E-state index in [0.29, 0.717) is 5.92 Å². The van der Waals surface area contributed by atoms with Crippen molar-refractivity contribution in [2.75, 3.05) is 0 Å². The minimum atomic E-state index is -1.13. The maximum absolute atomic E-state index is 10.8. The van der Waals surface area contributed by atoms with Crippen LogP contribution in [0.1, 0.15) is 37.7 Å². The molecule has 1 aromatic rings. The van der Waals surface area contributed by atoms with Gasteiger partial charge in [-0.25, -0.2) is 14.8 Å². The molecule has 5 heteroatoms. The van der Waals surface area contributed by atoms with Crippen molar-refractivity contribution in [2.45, 2.75) is 33.3 Å². The Labute approximate surface area is 94.5 Å². The van der Waals surface area contributed by atoms with Gasteiger partial charge in [-0.05, 0) is 19.3 Å². The zero-order valence-corrected chi connectivity index (χ0v) is 9.67. The van der Waals surface area contributed by atoms with Crippen LogP contribution in [0.5, 0.6) is 5.88 Å². The predicted octanol–water partition coefficient (Wildman–Crippen LogP) is 1.99. The average Bonchev–Trinajstić information content (AvgIpc) is 2.16. The van der Waals surface area contributed by atoms with Gasteiger partial charge in [0, 0.05) is 12.4 Å². The molecule has 0 saturated carbocycles. The first kappa shape index (κ1) is 12.4. The zero-order valence-electron chi connectivity index (χ0n) is 9.67. The van der Waals surface area contributed by atoms with Gasteiger partial charge in [-0.1, -0.05) is 13.8 Å².